The molecule has 1 aromatic heterocycles. The van der Waals surface area contributed by atoms with Crippen LogP contribution >= 0.6 is 0 Å². The van der Waals surface area contributed by atoms with Gasteiger partial charge < -0.3 is 9.47 Å². The highest BCUT2D eigenvalue weighted by atomic mass is 16.2. The van der Waals surface area contributed by atoms with Crippen LogP contribution in [0.5, 0.6) is 0 Å². The van der Waals surface area contributed by atoms with Crippen molar-refractivity contribution in [3.63, 3.8) is 0 Å². The van der Waals surface area contributed by atoms with Gasteiger partial charge in [-0.1, -0.05) is 49.4 Å². The third-order valence-electron chi connectivity index (χ3n) is 6.42. The third kappa shape index (κ3) is 4.01. The van der Waals surface area contributed by atoms with Gasteiger partial charge >= 0.3 is 0 Å². The maximum Gasteiger partial charge on any atom is 0.226 e. The van der Waals surface area contributed by atoms with Crippen LogP contribution in [-0.4, -0.2) is 22.0 Å². The van der Waals surface area contributed by atoms with Crippen LogP contribution in [0.4, 0.5) is 5.69 Å². The van der Waals surface area contributed by atoms with Crippen LogP contribution in [0, 0.1) is 11.3 Å². The molecule has 164 valence electrons. The second kappa shape index (κ2) is 8.91. The van der Waals surface area contributed by atoms with E-state index in [-0.39, 0.29) is 5.91 Å². The Hall–Kier alpha value is -3.91. The molecule has 1 aliphatic heterocycles. The van der Waals surface area contributed by atoms with Crippen molar-refractivity contribution in [1.29, 1.82) is 5.26 Å². The molecule has 1 saturated heterocycles. The summed E-state index contributed by atoms with van der Waals surface area (Å²) in [5.41, 5.74) is 6.80. The first-order valence-corrected chi connectivity index (χ1v) is 11.6. The topological polar surface area (TPSA) is 61.9 Å². The van der Waals surface area contributed by atoms with E-state index in [0.717, 1.165) is 59.5 Å². The normalized spacial score (nSPS) is 13.9. The predicted molar refractivity (Wildman–Crippen MR) is 131 cm³/mol. The van der Waals surface area contributed by atoms with Crippen molar-refractivity contribution in [2.24, 2.45) is 0 Å². The Bertz CT molecular complexity index is 1360. The molecule has 1 amide bonds. The molecule has 0 N–H and O–H groups in total. The average molecular weight is 435 g/mol. The molecule has 0 spiro atoms. The minimum Gasteiger partial charge on any atom is -0.323 e. The standard InChI is InChI=1S/C28H26N4O/c1-2-27-30-25-15-14-23(31-16-6-5-9-28(31)33)17-26(25)32(27)19-20-10-12-21(13-11-20)24-8-4-3-7-22(24)18-29/h3-4,7-8,10-15,17H,2,5-6,9,16,19H2,1H3. The summed E-state index contributed by atoms with van der Waals surface area (Å²) in [6, 6.07) is 24.5. The number of anilines is 1. The van der Waals surface area contributed by atoms with Crippen molar-refractivity contribution in [1.82, 2.24) is 9.55 Å². The van der Waals surface area contributed by atoms with Crippen LogP contribution in [0.2, 0.25) is 0 Å². The number of aryl methyl sites for hydroxylation is 1. The predicted octanol–water partition coefficient (Wildman–Crippen LogP) is 5.70. The molecule has 5 nitrogen and oxygen atoms in total. The number of benzene rings is 3. The molecule has 4 aromatic rings. The number of piperidine rings is 1. The highest BCUT2D eigenvalue weighted by molar-refractivity contribution is 5.96. The first kappa shape index (κ1) is 21.0. The minimum absolute atomic E-state index is 0.204. The number of hydrogen-bond donors (Lipinski definition) is 0. The zero-order valence-electron chi connectivity index (χ0n) is 18.8. The number of carbonyl (C=O) groups is 1. The number of amides is 1. The quantitative estimate of drug-likeness (QED) is 0.405. The Morgan fingerprint density at radius 2 is 1.85 bits per heavy atom. The fourth-order valence-electron chi connectivity index (χ4n) is 4.66. The van der Waals surface area contributed by atoms with E-state index in [2.05, 4.69) is 47.9 Å². The number of aromatic nitrogens is 2. The third-order valence-corrected chi connectivity index (χ3v) is 6.42. The van der Waals surface area contributed by atoms with Gasteiger partial charge in [0.1, 0.15) is 5.82 Å². The highest BCUT2D eigenvalue weighted by Crippen LogP contribution is 2.28. The molecule has 0 aliphatic carbocycles. The molecule has 5 heteroatoms. The molecular weight excluding hydrogens is 408 g/mol. The monoisotopic (exact) mass is 434 g/mol. The summed E-state index contributed by atoms with van der Waals surface area (Å²) < 4.78 is 2.26. The molecule has 33 heavy (non-hydrogen) atoms. The van der Waals surface area contributed by atoms with E-state index in [0.29, 0.717) is 18.5 Å². The van der Waals surface area contributed by atoms with Gasteiger partial charge in [0.25, 0.3) is 0 Å². The van der Waals surface area contributed by atoms with Gasteiger partial charge in [0, 0.05) is 31.6 Å². The highest BCUT2D eigenvalue weighted by Gasteiger charge is 2.21. The summed E-state index contributed by atoms with van der Waals surface area (Å²) in [5, 5.41) is 9.41. The lowest BCUT2D eigenvalue weighted by molar-refractivity contribution is -0.119. The Morgan fingerprint density at radius 3 is 2.61 bits per heavy atom. The van der Waals surface area contributed by atoms with Gasteiger partial charge in [0.2, 0.25) is 5.91 Å². The number of fused-ring (bicyclic) bond motifs is 1. The van der Waals surface area contributed by atoms with E-state index >= 15 is 0 Å². The molecule has 0 atom stereocenters. The molecule has 0 bridgehead atoms. The fraction of sp³-hybridized carbons (Fsp3) is 0.250. The van der Waals surface area contributed by atoms with E-state index in [1.165, 1.54) is 5.56 Å². The zero-order chi connectivity index (χ0) is 22.8. The number of nitriles is 1. The van der Waals surface area contributed by atoms with Gasteiger partial charge in [0.15, 0.2) is 0 Å². The van der Waals surface area contributed by atoms with Crippen LogP contribution in [0.25, 0.3) is 22.2 Å². The summed E-state index contributed by atoms with van der Waals surface area (Å²) in [6.45, 7) is 3.61. The van der Waals surface area contributed by atoms with Gasteiger partial charge in [0.05, 0.1) is 22.7 Å². The smallest absolute Gasteiger partial charge is 0.226 e. The largest absolute Gasteiger partial charge is 0.323 e. The van der Waals surface area contributed by atoms with E-state index in [9.17, 15) is 10.1 Å². The maximum absolute atomic E-state index is 12.4. The van der Waals surface area contributed by atoms with Crippen LogP contribution < -0.4 is 4.90 Å². The lowest BCUT2D eigenvalue weighted by Crippen LogP contribution is -2.35. The van der Waals surface area contributed by atoms with Crippen molar-refractivity contribution < 1.29 is 4.79 Å². The Kier molecular flexibility index (Phi) is 5.66. The summed E-state index contributed by atoms with van der Waals surface area (Å²) >= 11 is 0. The average Bonchev–Trinajstić information content (AvgIpc) is 3.21. The summed E-state index contributed by atoms with van der Waals surface area (Å²) in [4.78, 5) is 19.2. The first-order chi connectivity index (χ1) is 16.2. The SMILES string of the molecule is CCc1nc2ccc(N3CCCCC3=O)cc2n1Cc1ccc(-c2ccccc2C#N)cc1. The lowest BCUT2D eigenvalue weighted by atomic mass is 9.99. The number of imidazole rings is 1. The van der Waals surface area contributed by atoms with Crippen molar-refractivity contribution in [2.75, 3.05) is 11.4 Å². The van der Waals surface area contributed by atoms with Crippen LogP contribution in [-0.2, 0) is 17.8 Å². The summed E-state index contributed by atoms with van der Waals surface area (Å²) in [6.07, 6.45) is 3.48. The van der Waals surface area contributed by atoms with Crippen LogP contribution in [0.1, 0.15) is 43.1 Å². The lowest BCUT2D eigenvalue weighted by Gasteiger charge is -2.26. The fourth-order valence-corrected chi connectivity index (χ4v) is 4.66. The van der Waals surface area contributed by atoms with Gasteiger partial charge in [-0.2, -0.15) is 5.26 Å². The van der Waals surface area contributed by atoms with E-state index in [1.54, 1.807) is 0 Å². The molecule has 3 aromatic carbocycles. The molecule has 1 fully saturated rings. The number of carbonyl (C=O) groups excluding carboxylic acids is 1. The van der Waals surface area contributed by atoms with Crippen molar-refractivity contribution in [2.45, 2.75) is 39.2 Å². The molecule has 0 saturated carbocycles. The molecule has 0 unspecified atom stereocenters. The summed E-state index contributed by atoms with van der Waals surface area (Å²) in [7, 11) is 0. The molecule has 0 radical (unpaired) electrons. The van der Waals surface area contributed by atoms with Crippen molar-refractivity contribution in [3.05, 3.63) is 83.7 Å². The van der Waals surface area contributed by atoms with Gasteiger partial charge in [-0.15, -0.1) is 0 Å². The Labute approximate surface area is 193 Å². The second-order valence-electron chi connectivity index (χ2n) is 8.50. The van der Waals surface area contributed by atoms with Gasteiger partial charge in [-0.3, -0.25) is 4.79 Å². The van der Waals surface area contributed by atoms with Crippen molar-refractivity contribution >= 4 is 22.6 Å². The summed E-state index contributed by atoms with van der Waals surface area (Å²) in [5.74, 6) is 1.24. The molecule has 5 rings (SSSR count). The second-order valence-corrected chi connectivity index (χ2v) is 8.50. The first-order valence-electron chi connectivity index (χ1n) is 11.6. The molecule has 1 aliphatic rings. The van der Waals surface area contributed by atoms with Gasteiger partial charge in [-0.25, -0.2) is 4.98 Å². The number of rotatable bonds is 5. The van der Waals surface area contributed by atoms with Gasteiger partial charge in [-0.05, 0) is 53.8 Å². The van der Waals surface area contributed by atoms with E-state index < -0.39 is 0 Å². The minimum atomic E-state index is 0.204. The van der Waals surface area contributed by atoms with Crippen LogP contribution in [0.15, 0.2) is 66.7 Å². The van der Waals surface area contributed by atoms with E-state index in [1.807, 2.05) is 41.3 Å². The number of nitrogens with zero attached hydrogens (tertiary/aromatic N) is 4. The van der Waals surface area contributed by atoms with E-state index in [4.69, 9.17) is 4.98 Å². The Morgan fingerprint density at radius 1 is 1.03 bits per heavy atom. The maximum atomic E-state index is 12.4. The van der Waals surface area contributed by atoms with Crippen LogP contribution in [0.3, 0.4) is 0 Å². The zero-order valence-corrected chi connectivity index (χ0v) is 18.8. The number of hydrogen-bond acceptors (Lipinski definition) is 3. The molecular formula is C28H26N4O. The Balaban J connectivity index is 1.48. The molecule has 2 heterocycles. The van der Waals surface area contributed by atoms with Crippen molar-refractivity contribution in [3.8, 4) is 17.2 Å².